The van der Waals surface area contributed by atoms with Crippen molar-refractivity contribution in [2.75, 3.05) is 12.9 Å². The summed E-state index contributed by atoms with van der Waals surface area (Å²) < 4.78 is 43.5. The van der Waals surface area contributed by atoms with E-state index in [4.69, 9.17) is 0 Å². The number of benzene rings is 2. The van der Waals surface area contributed by atoms with Gasteiger partial charge in [-0.15, -0.1) is 0 Å². The number of esters is 1. The third kappa shape index (κ3) is 5.19. The molecule has 2 atom stereocenters. The molecule has 8 heteroatoms. The Morgan fingerprint density at radius 2 is 1.85 bits per heavy atom. The van der Waals surface area contributed by atoms with Crippen LogP contribution in [0.2, 0.25) is 0 Å². The Morgan fingerprint density at radius 3 is 2.46 bits per heavy atom. The van der Waals surface area contributed by atoms with Gasteiger partial charge in [-0.1, -0.05) is 18.2 Å². The number of halogens is 2. The molecule has 2 aromatic carbocycles. The predicted octanol–water partition coefficient (Wildman–Crippen LogP) is 2.43. The number of rotatable bonds is 7. The summed E-state index contributed by atoms with van der Waals surface area (Å²) in [7, 11) is -0.225. The van der Waals surface area contributed by atoms with Crippen molar-refractivity contribution in [3.05, 3.63) is 65.7 Å². The highest BCUT2D eigenvalue weighted by Crippen LogP contribution is 2.12. The molecule has 0 saturated carbocycles. The molecule has 0 aromatic heterocycles. The Kier molecular flexibility index (Phi) is 6.97. The molecule has 0 spiro atoms. The summed E-state index contributed by atoms with van der Waals surface area (Å²) in [6, 6.07) is 10.0. The number of carbonyl (C=O) groups excluding carboxylic acids is 2. The normalized spacial score (nSPS) is 12.9. The van der Waals surface area contributed by atoms with Gasteiger partial charge < -0.3 is 10.1 Å². The van der Waals surface area contributed by atoms with Gasteiger partial charge in [0.15, 0.2) is 0 Å². The van der Waals surface area contributed by atoms with Crippen LogP contribution in [0.25, 0.3) is 0 Å². The van der Waals surface area contributed by atoms with Gasteiger partial charge in [0.05, 0.1) is 23.5 Å². The van der Waals surface area contributed by atoms with Crippen LogP contribution in [0, 0.1) is 11.6 Å². The lowest BCUT2D eigenvalue weighted by molar-refractivity contribution is -0.142. The van der Waals surface area contributed by atoms with Crippen molar-refractivity contribution in [2.24, 2.45) is 0 Å². The van der Waals surface area contributed by atoms with Gasteiger partial charge in [0.25, 0.3) is 5.91 Å². The fraction of sp³-hybridized carbons (Fsp3) is 0.222. The number of methoxy groups -OCH3 is 1. The smallest absolute Gasteiger partial charge is 0.328 e. The minimum Gasteiger partial charge on any atom is -0.467 e. The van der Waals surface area contributed by atoms with Crippen molar-refractivity contribution in [1.29, 1.82) is 0 Å². The molecule has 138 valence electrons. The third-order valence-corrected chi connectivity index (χ3v) is 4.97. The molecule has 2 rings (SSSR count). The molecule has 0 unspecified atom stereocenters. The molecule has 0 bridgehead atoms. The van der Waals surface area contributed by atoms with Crippen molar-refractivity contribution < 1.29 is 27.3 Å². The lowest BCUT2D eigenvalue weighted by atomic mass is 10.1. The van der Waals surface area contributed by atoms with Crippen molar-refractivity contribution in [1.82, 2.24) is 5.32 Å². The zero-order chi connectivity index (χ0) is 19.1. The second-order valence-electron chi connectivity index (χ2n) is 5.32. The van der Waals surface area contributed by atoms with Crippen molar-refractivity contribution in [3.8, 4) is 0 Å². The minimum atomic E-state index is -1.37. The van der Waals surface area contributed by atoms with E-state index >= 15 is 0 Å². The van der Waals surface area contributed by atoms with Gasteiger partial charge in [-0.25, -0.2) is 13.6 Å². The van der Waals surface area contributed by atoms with E-state index in [9.17, 15) is 22.6 Å². The number of hydrogen-bond acceptors (Lipinski definition) is 4. The summed E-state index contributed by atoms with van der Waals surface area (Å²) in [5, 5.41) is 2.34. The van der Waals surface area contributed by atoms with E-state index in [1.165, 1.54) is 0 Å². The standard InChI is InChI=1S/C18H17F2NO4S/c1-25-18(23)16(9-10-26(24)13-5-3-2-4-6-13)21-17(22)14-8-7-12(19)11-15(14)20/h2-8,11,16H,9-10H2,1H3,(H,21,22)/t16-,26-/m0/s1. The van der Waals surface area contributed by atoms with E-state index in [-0.39, 0.29) is 12.2 Å². The van der Waals surface area contributed by atoms with Crippen LogP contribution in [0.5, 0.6) is 0 Å². The number of ether oxygens (including phenoxy) is 1. The minimum absolute atomic E-state index is 0.0305. The highest BCUT2D eigenvalue weighted by molar-refractivity contribution is 7.85. The van der Waals surface area contributed by atoms with E-state index < -0.39 is 45.9 Å². The number of hydrogen-bond donors (Lipinski definition) is 1. The summed E-state index contributed by atoms with van der Waals surface area (Å²) >= 11 is 0. The Hall–Kier alpha value is -2.61. The fourth-order valence-corrected chi connectivity index (χ4v) is 3.36. The van der Waals surface area contributed by atoms with Gasteiger partial charge in [-0.3, -0.25) is 9.00 Å². The second kappa shape index (κ2) is 9.19. The molecular formula is C18H17F2NO4S. The first-order valence-corrected chi connectivity index (χ1v) is 9.01. The number of amides is 1. The fourth-order valence-electron chi connectivity index (χ4n) is 2.22. The quantitative estimate of drug-likeness (QED) is 0.748. The van der Waals surface area contributed by atoms with Crippen LogP contribution in [0.4, 0.5) is 8.78 Å². The van der Waals surface area contributed by atoms with Gasteiger partial charge in [0, 0.05) is 16.7 Å². The summed E-state index contributed by atoms with van der Waals surface area (Å²) in [6.07, 6.45) is 0.0305. The molecule has 0 aliphatic rings. The van der Waals surface area contributed by atoms with E-state index in [1.54, 1.807) is 30.3 Å². The van der Waals surface area contributed by atoms with Gasteiger partial charge >= 0.3 is 5.97 Å². The summed E-state index contributed by atoms with van der Waals surface area (Å²) in [5.74, 6) is -3.40. The molecule has 1 amide bonds. The molecule has 1 N–H and O–H groups in total. The summed E-state index contributed by atoms with van der Waals surface area (Å²) in [5.41, 5.74) is -0.399. The lowest BCUT2D eigenvalue weighted by Gasteiger charge is -2.16. The molecule has 2 aromatic rings. The summed E-state index contributed by atoms with van der Waals surface area (Å²) in [4.78, 5) is 24.6. The van der Waals surface area contributed by atoms with Crippen LogP contribution in [0.15, 0.2) is 53.4 Å². The molecular weight excluding hydrogens is 364 g/mol. The number of carbonyl (C=O) groups is 2. The van der Waals surface area contributed by atoms with E-state index in [0.29, 0.717) is 11.0 Å². The maximum Gasteiger partial charge on any atom is 0.328 e. The topological polar surface area (TPSA) is 72.5 Å². The first-order valence-electron chi connectivity index (χ1n) is 7.69. The van der Waals surface area contributed by atoms with Gasteiger partial charge in [-0.05, 0) is 30.7 Å². The average molecular weight is 381 g/mol. The molecule has 0 radical (unpaired) electrons. The van der Waals surface area contributed by atoms with Crippen LogP contribution in [-0.2, 0) is 20.3 Å². The molecule has 26 heavy (non-hydrogen) atoms. The van der Waals surface area contributed by atoms with E-state index in [2.05, 4.69) is 10.1 Å². The number of nitrogens with one attached hydrogen (secondary N) is 1. The van der Waals surface area contributed by atoms with Gasteiger partial charge in [0.1, 0.15) is 17.7 Å². The second-order valence-corrected chi connectivity index (χ2v) is 6.90. The molecule has 0 fully saturated rings. The lowest BCUT2D eigenvalue weighted by Crippen LogP contribution is -2.42. The zero-order valence-electron chi connectivity index (χ0n) is 13.9. The Morgan fingerprint density at radius 1 is 1.15 bits per heavy atom. The average Bonchev–Trinajstić information content (AvgIpc) is 2.64. The Bertz CT molecular complexity index is 814. The van der Waals surface area contributed by atoms with Crippen molar-refractivity contribution in [2.45, 2.75) is 17.4 Å². The SMILES string of the molecule is COC(=O)[C@H](CC[S@](=O)c1ccccc1)NC(=O)c1ccc(F)cc1F. The maximum atomic E-state index is 13.7. The molecule has 0 aliphatic carbocycles. The van der Waals surface area contributed by atoms with Gasteiger partial charge in [-0.2, -0.15) is 0 Å². The van der Waals surface area contributed by atoms with E-state index in [0.717, 1.165) is 19.2 Å². The predicted molar refractivity (Wildman–Crippen MR) is 92.0 cm³/mol. The highest BCUT2D eigenvalue weighted by Gasteiger charge is 2.24. The Labute approximate surface area is 151 Å². The monoisotopic (exact) mass is 381 g/mol. The third-order valence-electron chi connectivity index (χ3n) is 3.56. The first-order chi connectivity index (χ1) is 12.4. The van der Waals surface area contributed by atoms with Gasteiger partial charge in [0.2, 0.25) is 0 Å². The van der Waals surface area contributed by atoms with Crippen LogP contribution in [-0.4, -0.2) is 35.0 Å². The molecule has 0 saturated heterocycles. The van der Waals surface area contributed by atoms with Crippen molar-refractivity contribution in [3.63, 3.8) is 0 Å². The van der Waals surface area contributed by atoms with Crippen molar-refractivity contribution >= 4 is 22.7 Å². The van der Waals surface area contributed by atoms with E-state index in [1.807, 2.05) is 0 Å². The zero-order valence-corrected chi connectivity index (χ0v) is 14.7. The van der Waals surface area contributed by atoms with Crippen LogP contribution in [0.1, 0.15) is 16.8 Å². The van der Waals surface area contributed by atoms with Crippen LogP contribution >= 0.6 is 0 Å². The van der Waals surface area contributed by atoms with Crippen LogP contribution < -0.4 is 5.32 Å². The first kappa shape index (κ1) is 19.7. The maximum absolute atomic E-state index is 13.7. The summed E-state index contributed by atoms with van der Waals surface area (Å²) in [6.45, 7) is 0. The molecule has 0 heterocycles. The van der Waals surface area contributed by atoms with Crippen LogP contribution in [0.3, 0.4) is 0 Å². The molecule has 5 nitrogen and oxygen atoms in total. The molecule has 0 aliphatic heterocycles. The highest BCUT2D eigenvalue weighted by atomic mass is 32.2. The Balaban J connectivity index is 2.06. The largest absolute Gasteiger partial charge is 0.467 e.